The number of para-hydroxylation sites is 1. The van der Waals surface area contributed by atoms with Gasteiger partial charge in [0.25, 0.3) is 5.91 Å². The van der Waals surface area contributed by atoms with Gasteiger partial charge in [0.2, 0.25) is 0 Å². The molecule has 0 spiro atoms. The highest BCUT2D eigenvalue weighted by atomic mass is 16.3. The molecule has 5 nitrogen and oxygen atoms in total. The summed E-state index contributed by atoms with van der Waals surface area (Å²) in [4.78, 5) is 15.8. The van der Waals surface area contributed by atoms with Crippen molar-refractivity contribution in [3.63, 3.8) is 0 Å². The highest BCUT2D eigenvalue weighted by Crippen LogP contribution is 2.13. The number of benzene rings is 1. The predicted octanol–water partition coefficient (Wildman–Crippen LogP) is -0.0829. The maximum Gasteiger partial charge on any atom is 0.252 e. The average molecular weight is 263 g/mol. The van der Waals surface area contributed by atoms with Crippen LogP contribution in [0, 0.1) is 0 Å². The van der Waals surface area contributed by atoms with Crippen LogP contribution in [0.1, 0.15) is 0 Å². The van der Waals surface area contributed by atoms with Crippen LogP contribution in [0.4, 0.5) is 5.69 Å². The second-order valence-corrected chi connectivity index (χ2v) is 4.63. The van der Waals surface area contributed by atoms with E-state index in [0.29, 0.717) is 6.54 Å². The molecule has 1 aromatic carbocycles. The van der Waals surface area contributed by atoms with Crippen LogP contribution in [-0.4, -0.2) is 61.8 Å². The smallest absolute Gasteiger partial charge is 0.252 e. The molecular weight excluding hydrogens is 242 g/mol. The van der Waals surface area contributed by atoms with E-state index in [2.05, 4.69) is 10.2 Å². The number of carbonyl (C=O) groups excluding carboxylic acids is 1. The molecule has 2 N–H and O–H groups in total. The molecule has 0 bridgehead atoms. The van der Waals surface area contributed by atoms with Gasteiger partial charge in [0.15, 0.2) is 0 Å². The molecule has 0 aromatic heterocycles. The molecule has 1 aromatic rings. The van der Waals surface area contributed by atoms with Crippen molar-refractivity contribution in [1.82, 2.24) is 10.2 Å². The van der Waals surface area contributed by atoms with Gasteiger partial charge in [-0.05, 0) is 12.1 Å². The first kappa shape index (κ1) is 14.0. The summed E-state index contributed by atoms with van der Waals surface area (Å²) in [5, 5.41) is 12.4. The molecular formula is C14H21N3O2. The van der Waals surface area contributed by atoms with Crippen LogP contribution >= 0.6 is 0 Å². The normalized spacial score (nSPS) is 16.3. The van der Waals surface area contributed by atoms with Crippen molar-refractivity contribution < 1.29 is 9.90 Å². The van der Waals surface area contributed by atoms with E-state index < -0.39 is 6.61 Å². The molecule has 1 saturated heterocycles. The van der Waals surface area contributed by atoms with Crippen LogP contribution in [0.15, 0.2) is 30.3 Å². The molecule has 104 valence electrons. The quantitative estimate of drug-likeness (QED) is 0.780. The van der Waals surface area contributed by atoms with Gasteiger partial charge in [-0.1, -0.05) is 18.2 Å². The minimum absolute atomic E-state index is 0.249. The number of anilines is 1. The number of aliphatic hydroxyl groups is 1. The van der Waals surface area contributed by atoms with Crippen molar-refractivity contribution >= 4 is 11.6 Å². The Kier molecular flexibility index (Phi) is 5.32. The zero-order chi connectivity index (χ0) is 13.5. The van der Waals surface area contributed by atoms with Gasteiger partial charge in [-0.25, -0.2) is 0 Å². The van der Waals surface area contributed by atoms with Crippen LogP contribution in [0.3, 0.4) is 0 Å². The standard InChI is InChI=1S/C14H21N3O2/c18-12-14(19)17(13-4-2-1-3-5-13)11-10-16-8-6-15-7-9-16/h1-5,15,18H,6-12H2. The molecule has 1 amide bonds. The number of nitrogens with zero attached hydrogens (tertiary/aromatic N) is 2. The third-order valence-corrected chi connectivity index (χ3v) is 3.35. The van der Waals surface area contributed by atoms with Crippen LogP contribution in [-0.2, 0) is 4.79 Å². The van der Waals surface area contributed by atoms with Gasteiger partial charge >= 0.3 is 0 Å². The number of nitrogens with one attached hydrogen (secondary N) is 1. The Morgan fingerprint density at radius 3 is 2.58 bits per heavy atom. The third kappa shape index (κ3) is 4.02. The van der Waals surface area contributed by atoms with Gasteiger partial charge in [-0.3, -0.25) is 9.69 Å². The lowest BCUT2D eigenvalue weighted by Crippen LogP contribution is -2.47. The Bertz CT molecular complexity index is 391. The van der Waals surface area contributed by atoms with Crippen LogP contribution in [0.5, 0.6) is 0 Å². The van der Waals surface area contributed by atoms with Crippen molar-refractivity contribution in [3.8, 4) is 0 Å². The maximum atomic E-state index is 11.8. The van der Waals surface area contributed by atoms with E-state index in [-0.39, 0.29) is 5.91 Å². The second kappa shape index (κ2) is 7.23. The fourth-order valence-corrected chi connectivity index (χ4v) is 2.27. The van der Waals surface area contributed by atoms with Crippen molar-refractivity contribution in [2.45, 2.75) is 0 Å². The summed E-state index contributed by atoms with van der Waals surface area (Å²) in [7, 11) is 0. The molecule has 0 aliphatic carbocycles. The number of aliphatic hydroxyl groups excluding tert-OH is 1. The lowest BCUT2D eigenvalue weighted by atomic mass is 10.2. The zero-order valence-electron chi connectivity index (χ0n) is 11.1. The second-order valence-electron chi connectivity index (χ2n) is 4.63. The van der Waals surface area contributed by atoms with Crippen LogP contribution < -0.4 is 10.2 Å². The first-order chi connectivity index (χ1) is 9.31. The van der Waals surface area contributed by atoms with Crippen LogP contribution in [0.2, 0.25) is 0 Å². The number of amides is 1. The highest BCUT2D eigenvalue weighted by molar-refractivity contribution is 5.94. The Morgan fingerprint density at radius 1 is 1.26 bits per heavy atom. The van der Waals surface area contributed by atoms with E-state index in [9.17, 15) is 4.79 Å². The molecule has 5 heteroatoms. The monoisotopic (exact) mass is 263 g/mol. The highest BCUT2D eigenvalue weighted by Gasteiger charge is 2.16. The summed E-state index contributed by atoms with van der Waals surface area (Å²) in [6.07, 6.45) is 0. The topological polar surface area (TPSA) is 55.8 Å². The Balaban J connectivity index is 1.96. The van der Waals surface area contributed by atoms with Gasteiger partial charge in [0, 0.05) is 45.0 Å². The Hall–Kier alpha value is -1.43. The maximum absolute atomic E-state index is 11.8. The molecule has 0 atom stereocenters. The molecule has 0 saturated carbocycles. The summed E-state index contributed by atoms with van der Waals surface area (Å²) in [5.41, 5.74) is 0.844. The number of piperazine rings is 1. The van der Waals surface area contributed by atoms with E-state index in [1.807, 2.05) is 30.3 Å². The van der Waals surface area contributed by atoms with Crippen LogP contribution in [0.25, 0.3) is 0 Å². The molecule has 0 unspecified atom stereocenters. The summed E-state index contributed by atoms with van der Waals surface area (Å²) in [5.74, 6) is -0.249. The van der Waals surface area contributed by atoms with E-state index in [4.69, 9.17) is 5.11 Å². The van der Waals surface area contributed by atoms with Crippen molar-refractivity contribution in [2.24, 2.45) is 0 Å². The van der Waals surface area contributed by atoms with E-state index in [1.54, 1.807) is 4.90 Å². The molecule has 19 heavy (non-hydrogen) atoms. The fraction of sp³-hybridized carbons (Fsp3) is 0.500. The molecule has 2 rings (SSSR count). The first-order valence-electron chi connectivity index (χ1n) is 6.70. The number of rotatable bonds is 5. The Morgan fingerprint density at radius 2 is 1.95 bits per heavy atom. The largest absolute Gasteiger partial charge is 0.387 e. The summed E-state index contributed by atoms with van der Waals surface area (Å²) < 4.78 is 0. The molecule has 0 radical (unpaired) electrons. The third-order valence-electron chi connectivity index (χ3n) is 3.35. The average Bonchev–Trinajstić information content (AvgIpc) is 2.49. The minimum Gasteiger partial charge on any atom is -0.387 e. The number of hydrogen-bond donors (Lipinski definition) is 2. The SMILES string of the molecule is O=C(CO)N(CCN1CCNCC1)c1ccccc1. The van der Waals surface area contributed by atoms with Gasteiger partial charge in [0.1, 0.15) is 6.61 Å². The van der Waals surface area contributed by atoms with Gasteiger partial charge < -0.3 is 15.3 Å². The minimum atomic E-state index is -0.448. The molecule has 1 fully saturated rings. The molecule has 1 heterocycles. The van der Waals surface area contributed by atoms with E-state index in [1.165, 1.54) is 0 Å². The fourth-order valence-electron chi connectivity index (χ4n) is 2.27. The molecule has 1 aliphatic rings. The zero-order valence-corrected chi connectivity index (χ0v) is 11.1. The first-order valence-corrected chi connectivity index (χ1v) is 6.70. The predicted molar refractivity (Wildman–Crippen MR) is 75.2 cm³/mol. The Labute approximate surface area is 113 Å². The summed E-state index contributed by atoms with van der Waals surface area (Å²) in [6.45, 7) is 5.02. The van der Waals surface area contributed by atoms with E-state index >= 15 is 0 Å². The van der Waals surface area contributed by atoms with Gasteiger partial charge in [-0.2, -0.15) is 0 Å². The summed E-state index contributed by atoms with van der Waals surface area (Å²) >= 11 is 0. The number of carbonyl (C=O) groups is 1. The van der Waals surface area contributed by atoms with Gasteiger partial charge in [-0.15, -0.1) is 0 Å². The lowest BCUT2D eigenvalue weighted by Gasteiger charge is -2.30. The number of hydrogen-bond acceptors (Lipinski definition) is 4. The van der Waals surface area contributed by atoms with E-state index in [0.717, 1.165) is 38.4 Å². The van der Waals surface area contributed by atoms with Gasteiger partial charge in [0.05, 0.1) is 0 Å². The van der Waals surface area contributed by atoms with Crippen molar-refractivity contribution in [3.05, 3.63) is 30.3 Å². The lowest BCUT2D eigenvalue weighted by molar-refractivity contribution is -0.121. The van der Waals surface area contributed by atoms with Crippen molar-refractivity contribution in [1.29, 1.82) is 0 Å². The van der Waals surface area contributed by atoms with Crippen molar-refractivity contribution in [2.75, 3.05) is 50.8 Å². The summed E-state index contributed by atoms with van der Waals surface area (Å²) in [6, 6.07) is 9.51. The molecule has 1 aliphatic heterocycles.